The molecule has 2 heterocycles. The number of carbonyl (C=O) groups is 2. The number of nitrogens with one attached hydrogen (secondary N) is 3. The van der Waals surface area contributed by atoms with Crippen molar-refractivity contribution < 1.29 is 18.7 Å². The van der Waals surface area contributed by atoms with Gasteiger partial charge in [-0.2, -0.15) is 0 Å². The third-order valence-electron chi connectivity index (χ3n) is 6.89. The Balaban J connectivity index is 1.69. The van der Waals surface area contributed by atoms with Crippen LogP contribution in [0.15, 0.2) is 66.7 Å². The predicted octanol–water partition coefficient (Wildman–Crippen LogP) is 4.71. The van der Waals surface area contributed by atoms with E-state index in [0.717, 1.165) is 11.1 Å². The second-order valence-electron chi connectivity index (χ2n) is 9.98. The fourth-order valence-corrected chi connectivity index (χ4v) is 5.42. The van der Waals surface area contributed by atoms with Gasteiger partial charge in [0.15, 0.2) is 5.66 Å². The molecular weight excluding hydrogens is 542 g/mol. The largest absolute Gasteiger partial charge is 0.490 e. The van der Waals surface area contributed by atoms with E-state index in [1.807, 2.05) is 38.1 Å². The molecule has 0 spiro atoms. The molecule has 0 aliphatic carbocycles. The van der Waals surface area contributed by atoms with E-state index in [4.69, 9.17) is 27.9 Å². The zero-order valence-electron chi connectivity index (χ0n) is 21.5. The Morgan fingerprint density at radius 3 is 2.05 bits per heavy atom. The number of benzene rings is 3. The van der Waals surface area contributed by atoms with Gasteiger partial charge in [0.1, 0.15) is 11.6 Å². The van der Waals surface area contributed by atoms with E-state index in [0.29, 0.717) is 28.7 Å². The van der Waals surface area contributed by atoms with Crippen LogP contribution in [0.1, 0.15) is 42.6 Å². The minimum Gasteiger partial charge on any atom is -0.490 e. The Bertz CT molecular complexity index is 1310. The molecular formula is C29H29Cl2FN4O3. The number of amides is 2. The van der Waals surface area contributed by atoms with Gasteiger partial charge in [0, 0.05) is 34.8 Å². The molecule has 204 valence electrons. The first kappa shape index (κ1) is 27.4. The molecule has 3 aromatic rings. The molecule has 2 saturated heterocycles. The lowest BCUT2D eigenvalue weighted by atomic mass is 9.95. The highest BCUT2D eigenvalue weighted by Crippen LogP contribution is 2.45. The van der Waals surface area contributed by atoms with Crippen LogP contribution in [-0.2, 0) is 15.3 Å². The van der Waals surface area contributed by atoms with Crippen LogP contribution in [0.25, 0.3) is 0 Å². The number of rotatable bonds is 6. The maximum absolute atomic E-state index is 14.5. The van der Waals surface area contributed by atoms with E-state index in [-0.39, 0.29) is 30.2 Å². The number of hydrogen-bond acceptors (Lipinski definition) is 5. The Kier molecular flexibility index (Phi) is 7.82. The summed E-state index contributed by atoms with van der Waals surface area (Å²) < 4.78 is 20.5. The Labute approximate surface area is 236 Å². The van der Waals surface area contributed by atoms with Crippen LogP contribution in [0.4, 0.5) is 4.39 Å². The highest BCUT2D eigenvalue weighted by atomic mass is 35.5. The van der Waals surface area contributed by atoms with Gasteiger partial charge in [0.2, 0.25) is 5.91 Å². The first-order valence-electron chi connectivity index (χ1n) is 12.8. The molecule has 2 aliphatic heterocycles. The summed E-state index contributed by atoms with van der Waals surface area (Å²) in [5, 5.41) is 11.0. The van der Waals surface area contributed by atoms with Crippen LogP contribution in [0.2, 0.25) is 10.0 Å². The first-order chi connectivity index (χ1) is 18.7. The number of hydrogen-bond donors (Lipinski definition) is 3. The van der Waals surface area contributed by atoms with Crippen LogP contribution < -0.4 is 20.7 Å². The second kappa shape index (κ2) is 11.1. The summed E-state index contributed by atoms with van der Waals surface area (Å²) in [7, 11) is 0. The van der Waals surface area contributed by atoms with Crippen molar-refractivity contribution in [2.75, 3.05) is 19.6 Å². The van der Waals surface area contributed by atoms with Crippen LogP contribution in [-0.4, -0.2) is 42.5 Å². The number of carbonyl (C=O) groups excluding carboxylic acids is 2. The average Bonchev–Trinajstić information content (AvgIpc) is 3.30. The fourth-order valence-electron chi connectivity index (χ4n) is 5.17. The lowest BCUT2D eigenvalue weighted by molar-refractivity contribution is -0.144. The highest BCUT2D eigenvalue weighted by Gasteiger charge is 2.54. The quantitative estimate of drug-likeness (QED) is 0.400. The van der Waals surface area contributed by atoms with Gasteiger partial charge in [-0.05, 0) is 61.4 Å². The summed E-state index contributed by atoms with van der Waals surface area (Å²) >= 11 is 12.4. The van der Waals surface area contributed by atoms with Crippen molar-refractivity contribution in [1.82, 2.24) is 20.9 Å². The molecule has 2 fully saturated rings. The van der Waals surface area contributed by atoms with Crippen LogP contribution >= 0.6 is 23.2 Å². The minimum atomic E-state index is -1.55. The monoisotopic (exact) mass is 570 g/mol. The van der Waals surface area contributed by atoms with E-state index in [1.54, 1.807) is 30.3 Å². The number of ether oxygens (including phenoxy) is 1. The Hall–Kier alpha value is -3.17. The normalized spacial score (nSPS) is 23.1. The highest BCUT2D eigenvalue weighted by molar-refractivity contribution is 6.30. The fraction of sp³-hybridized carbons (Fsp3) is 0.310. The van der Waals surface area contributed by atoms with Gasteiger partial charge in [0.25, 0.3) is 5.91 Å². The maximum Gasteiger partial charge on any atom is 0.263 e. The molecule has 2 unspecified atom stereocenters. The van der Waals surface area contributed by atoms with Crippen molar-refractivity contribution >= 4 is 35.0 Å². The van der Waals surface area contributed by atoms with Gasteiger partial charge in [-0.25, -0.2) is 4.39 Å². The van der Waals surface area contributed by atoms with Crippen molar-refractivity contribution in [1.29, 1.82) is 0 Å². The molecule has 2 aliphatic rings. The van der Waals surface area contributed by atoms with Crippen molar-refractivity contribution in [2.24, 2.45) is 0 Å². The zero-order chi connectivity index (χ0) is 27.7. The third kappa shape index (κ3) is 5.61. The summed E-state index contributed by atoms with van der Waals surface area (Å²) in [5.41, 5.74) is 0.631. The molecule has 0 aromatic heterocycles. The van der Waals surface area contributed by atoms with Gasteiger partial charge in [-0.3, -0.25) is 20.2 Å². The SMILES string of the molecule is CC(C)Oc1cc(F)ccc1C1(C(=O)N2CCNC(=O)C2)NC(c2ccc(Cl)cc2)C(c2ccc(Cl)cc2)N1. The molecule has 10 heteroatoms. The molecule has 2 amide bonds. The smallest absolute Gasteiger partial charge is 0.263 e. The molecule has 3 N–H and O–H groups in total. The molecule has 0 bridgehead atoms. The summed E-state index contributed by atoms with van der Waals surface area (Å²) in [5.74, 6) is -0.876. The van der Waals surface area contributed by atoms with E-state index in [9.17, 15) is 14.0 Å². The standard InChI is InChI=1S/C29H29Cl2FN4O3/c1-17(2)39-24-15-22(32)11-12-23(24)29(28(38)36-14-13-33-25(37)16-36)34-26(18-3-7-20(30)8-4-18)27(35-29)19-5-9-21(31)10-6-19/h3-12,15,17,26-27,34-35H,13-14,16H2,1-2H3,(H,33,37). The Morgan fingerprint density at radius 2 is 1.54 bits per heavy atom. The summed E-state index contributed by atoms with van der Waals surface area (Å²) in [6.45, 7) is 4.24. The van der Waals surface area contributed by atoms with Gasteiger partial charge in [0.05, 0.1) is 24.7 Å². The summed E-state index contributed by atoms with van der Waals surface area (Å²) in [6.07, 6.45) is -0.279. The lowest BCUT2D eigenvalue weighted by Gasteiger charge is -2.38. The van der Waals surface area contributed by atoms with Gasteiger partial charge in [-0.15, -0.1) is 0 Å². The average molecular weight is 571 g/mol. The molecule has 0 radical (unpaired) electrons. The van der Waals surface area contributed by atoms with Crippen LogP contribution in [0.3, 0.4) is 0 Å². The van der Waals surface area contributed by atoms with Crippen molar-refractivity contribution in [2.45, 2.75) is 37.7 Å². The summed E-state index contributed by atoms with van der Waals surface area (Å²) in [4.78, 5) is 28.3. The minimum absolute atomic E-state index is 0.0945. The Morgan fingerprint density at radius 1 is 0.974 bits per heavy atom. The van der Waals surface area contributed by atoms with Crippen LogP contribution in [0, 0.1) is 5.82 Å². The molecule has 39 heavy (non-hydrogen) atoms. The zero-order valence-corrected chi connectivity index (χ0v) is 23.0. The van der Waals surface area contributed by atoms with E-state index in [2.05, 4.69) is 16.0 Å². The van der Waals surface area contributed by atoms with Gasteiger partial charge in [-0.1, -0.05) is 47.5 Å². The molecule has 2 atom stereocenters. The van der Waals surface area contributed by atoms with Crippen molar-refractivity contribution in [3.8, 4) is 5.75 Å². The second-order valence-corrected chi connectivity index (χ2v) is 10.9. The molecule has 3 aromatic carbocycles. The number of nitrogens with zero attached hydrogens (tertiary/aromatic N) is 1. The number of halogens is 3. The van der Waals surface area contributed by atoms with Gasteiger partial charge >= 0.3 is 0 Å². The third-order valence-corrected chi connectivity index (χ3v) is 7.40. The predicted molar refractivity (Wildman–Crippen MR) is 148 cm³/mol. The van der Waals surface area contributed by atoms with Crippen LogP contribution in [0.5, 0.6) is 5.75 Å². The topological polar surface area (TPSA) is 82.7 Å². The first-order valence-corrected chi connectivity index (χ1v) is 13.5. The van der Waals surface area contributed by atoms with Gasteiger partial charge < -0.3 is 15.0 Å². The van der Waals surface area contributed by atoms with Crippen molar-refractivity contribution in [3.05, 3.63) is 99.3 Å². The van der Waals surface area contributed by atoms with Crippen molar-refractivity contribution in [3.63, 3.8) is 0 Å². The van der Waals surface area contributed by atoms with E-state index < -0.39 is 23.6 Å². The molecule has 0 saturated carbocycles. The lowest BCUT2D eigenvalue weighted by Crippen LogP contribution is -2.62. The van der Waals surface area contributed by atoms with E-state index >= 15 is 0 Å². The molecule has 7 nitrogen and oxygen atoms in total. The van der Waals surface area contributed by atoms with E-state index in [1.165, 1.54) is 17.0 Å². The molecule has 5 rings (SSSR count). The number of piperazine rings is 1. The summed E-state index contributed by atoms with van der Waals surface area (Å²) in [6, 6.07) is 18.1. The maximum atomic E-state index is 14.5.